The van der Waals surface area contributed by atoms with Gasteiger partial charge in [0, 0.05) is 29.1 Å². The molecule has 2 heterocycles. The Bertz CT molecular complexity index is 1720. The highest BCUT2D eigenvalue weighted by molar-refractivity contribution is 7.92. The normalized spacial score (nSPS) is 14.8. The molecule has 1 N–H and O–H groups in total. The van der Waals surface area contributed by atoms with Gasteiger partial charge in [0.15, 0.2) is 0 Å². The molecule has 1 aliphatic carbocycles. The van der Waals surface area contributed by atoms with Crippen molar-refractivity contribution in [3.63, 3.8) is 0 Å². The van der Waals surface area contributed by atoms with Crippen LogP contribution in [0.15, 0.2) is 52.9 Å². The summed E-state index contributed by atoms with van der Waals surface area (Å²) in [7, 11) is -1.90. The monoisotopic (exact) mass is 552 g/mol. The minimum atomic E-state index is -3.81. The van der Waals surface area contributed by atoms with Crippen molar-refractivity contribution in [1.29, 1.82) is 0 Å². The number of sulfonamides is 1. The van der Waals surface area contributed by atoms with Gasteiger partial charge in [0.05, 0.1) is 29.8 Å². The topological polar surface area (TPSA) is 88.8 Å². The van der Waals surface area contributed by atoms with Crippen molar-refractivity contribution in [2.75, 3.05) is 17.6 Å². The number of hydrogen-bond donors (Lipinski definition) is 1. The van der Waals surface area contributed by atoms with Crippen molar-refractivity contribution in [2.24, 2.45) is 0 Å². The number of nitrogens with one attached hydrogen (secondary N) is 1. The number of carbonyl (C=O) groups is 1. The minimum Gasteiger partial charge on any atom is -0.455 e. The molecular weight excluding hydrogens is 530 g/mol. The number of anilines is 2. The van der Waals surface area contributed by atoms with Crippen LogP contribution < -0.4 is 15.1 Å². The van der Waals surface area contributed by atoms with Crippen LogP contribution in [0.1, 0.15) is 40.2 Å². The van der Waals surface area contributed by atoms with E-state index in [2.05, 4.69) is 5.32 Å². The molecule has 11 heteroatoms. The second kappa shape index (κ2) is 9.15. The van der Waals surface area contributed by atoms with E-state index in [0.29, 0.717) is 52.6 Å². The van der Waals surface area contributed by atoms with Crippen LogP contribution >= 0.6 is 11.6 Å². The molecule has 38 heavy (non-hydrogen) atoms. The Morgan fingerprint density at radius 2 is 1.89 bits per heavy atom. The van der Waals surface area contributed by atoms with E-state index in [9.17, 15) is 17.6 Å². The summed E-state index contributed by atoms with van der Waals surface area (Å²) in [6.07, 6.45) is 2.94. The Hall–Kier alpha value is -3.34. The van der Waals surface area contributed by atoms with Gasteiger partial charge < -0.3 is 14.4 Å². The van der Waals surface area contributed by atoms with Crippen molar-refractivity contribution in [3.05, 3.63) is 76.1 Å². The van der Waals surface area contributed by atoms with Crippen molar-refractivity contribution in [1.82, 2.24) is 5.32 Å². The number of amides is 1. The average Bonchev–Trinajstić information content (AvgIpc) is 3.48. The molecule has 0 atom stereocenters. The summed E-state index contributed by atoms with van der Waals surface area (Å²) < 4.78 is 53.2. The van der Waals surface area contributed by atoms with Gasteiger partial charge in [-0.05, 0) is 77.8 Å². The summed E-state index contributed by atoms with van der Waals surface area (Å²) in [5, 5.41) is 3.66. The minimum absolute atomic E-state index is 0.133. The lowest BCUT2D eigenvalue weighted by Crippen LogP contribution is -2.27. The predicted octanol–water partition coefficient (Wildman–Crippen LogP) is 4.73. The molecule has 6 rings (SSSR count). The molecule has 1 amide bonds. The van der Waals surface area contributed by atoms with E-state index in [0.717, 1.165) is 35.7 Å². The number of nitrogens with zero attached hydrogens (tertiary/aromatic N) is 1. The number of hydrogen-bond acceptors (Lipinski definition) is 5. The first kappa shape index (κ1) is 25.0. The lowest BCUT2D eigenvalue weighted by atomic mass is 9.87. The van der Waals surface area contributed by atoms with Crippen LogP contribution in [0.5, 0.6) is 0 Å². The highest BCUT2D eigenvalue weighted by atomic mass is 35.5. The quantitative estimate of drug-likeness (QED) is 0.349. The van der Waals surface area contributed by atoms with Gasteiger partial charge in [-0.2, -0.15) is 0 Å². The fourth-order valence-corrected chi connectivity index (χ4v) is 6.35. The Morgan fingerprint density at radius 1 is 1.16 bits per heavy atom. The summed E-state index contributed by atoms with van der Waals surface area (Å²) in [6.45, 7) is 0.351. The highest BCUT2D eigenvalue weighted by Crippen LogP contribution is 2.49. The van der Waals surface area contributed by atoms with E-state index in [1.54, 1.807) is 30.3 Å². The Balaban J connectivity index is 1.61. The predicted molar refractivity (Wildman–Crippen MR) is 147 cm³/mol. The first-order valence-corrected chi connectivity index (χ1v) is 14.4. The highest BCUT2D eigenvalue weighted by Gasteiger charge is 2.34. The second-order valence-electron chi connectivity index (χ2n) is 9.66. The van der Waals surface area contributed by atoms with Gasteiger partial charge in [0.1, 0.15) is 17.2 Å². The molecule has 4 aromatic rings. The number of fused-ring (bicyclic) bond motifs is 2. The molecule has 0 unspecified atom stereocenters. The summed E-state index contributed by atoms with van der Waals surface area (Å²) in [6, 6.07) is 12.6. The molecule has 1 saturated carbocycles. The van der Waals surface area contributed by atoms with E-state index in [-0.39, 0.29) is 17.6 Å². The fourth-order valence-electron chi connectivity index (χ4n) is 5.06. The molecule has 0 spiro atoms. The largest absolute Gasteiger partial charge is 0.455 e. The van der Waals surface area contributed by atoms with Gasteiger partial charge in [0.25, 0.3) is 5.91 Å². The van der Waals surface area contributed by atoms with Crippen LogP contribution in [-0.4, -0.2) is 35.1 Å². The van der Waals surface area contributed by atoms with E-state index in [1.807, 2.05) is 6.07 Å². The third-order valence-corrected chi connectivity index (χ3v) is 8.38. The molecule has 7 nitrogen and oxygen atoms in total. The fraction of sp³-hybridized carbons (Fsp3) is 0.222. The van der Waals surface area contributed by atoms with Crippen LogP contribution in [0.4, 0.5) is 15.8 Å². The average molecular weight is 553 g/mol. The van der Waals surface area contributed by atoms with Gasteiger partial charge in [-0.25, -0.2) is 17.1 Å². The third-order valence-electron chi connectivity index (χ3n) is 6.98. The number of halogens is 2. The summed E-state index contributed by atoms with van der Waals surface area (Å²) in [5.74, 6) is -0.356. The lowest BCUT2D eigenvalue weighted by molar-refractivity contribution is 0.0964. The van der Waals surface area contributed by atoms with Crippen LogP contribution in [0, 0.1) is 5.82 Å². The lowest BCUT2D eigenvalue weighted by Gasteiger charge is -2.26. The maximum Gasteiger partial charge on any atom is 0.310 e. The van der Waals surface area contributed by atoms with Gasteiger partial charge in [-0.1, -0.05) is 11.6 Å². The smallest absolute Gasteiger partial charge is 0.310 e. The first-order chi connectivity index (χ1) is 18.2. The number of benzene rings is 3. The van der Waals surface area contributed by atoms with Crippen LogP contribution in [0.25, 0.3) is 22.3 Å². The molecule has 2 aliphatic rings. The molecular formula is C27H23BClFN2O5S. The maximum atomic E-state index is 13.6. The zero-order valence-electron chi connectivity index (χ0n) is 20.7. The third kappa shape index (κ3) is 4.26. The Kier molecular flexibility index (Phi) is 6.01. The maximum absolute atomic E-state index is 13.6. The van der Waals surface area contributed by atoms with E-state index >= 15 is 0 Å². The van der Waals surface area contributed by atoms with Crippen molar-refractivity contribution in [3.8, 4) is 11.3 Å². The van der Waals surface area contributed by atoms with Crippen molar-refractivity contribution in [2.45, 2.75) is 25.4 Å². The zero-order chi connectivity index (χ0) is 26.8. The SMILES string of the molecule is CNC(=O)c1c(-c2ccc(F)cc2)oc2cc(N(c3cc(Cl)c4c(c3)COB4)S(C)(=O)=O)c(C3CC3)cc12. The molecule has 0 radical (unpaired) electrons. The summed E-state index contributed by atoms with van der Waals surface area (Å²) >= 11 is 6.53. The molecule has 1 aliphatic heterocycles. The van der Waals surface area contributed by atoms with Gasteiger partial charge in [0.2, 0.25) is 10.0 Å². The number of rotatable bonds is 6. The molecule has 3 aromatic carbocycles. The Morgan fingerprint density at radius 3 is 2.55 bits per heavy atom. The van der Waals surface area contributed by atoms with Crippen molar-refractivity contribution >= 4 is 62.8 Å². The number of carbonyl (C=O) groups excluding carboxylic acids is 1. The molecule has 1 fully saturated rings. The molecule has 1 aromatic heterocycles. The summed E-state index contributed by atoms with van der Waals surface area (Å²) in [5.41, 5.74) is 4.52. The van der Waals surface area contributed by atoms with Crippen LogP contribution in [0.2, 0.25) is 5.02 Å². The molecule has 0 bridgehead atoms. The zero-order valence-corrected chi connectivity index (χ0v) is 22.2. The first-order valence-electron chi connectivity index (χ1n) is 12.1. The van der Waals surface area contributed by atoms with Gasteiger partial charge in [-0.3, -0.25) is 4.79 Å². The van der Waals surface area contributed by atoms with Crippen LogP contribution in [0.3, 0.4) is 0 Å². The van der Waals surface area contributed by atoms with E-state index < -0.39 is 15.8 Å². The Labute approximate surface area is 224 Å². The van der Waals surface area contributed by atoms with Gasteiger partial charge in [-0.15, -0.1) is 0 Å². The number of furan rings is 1. The van der Waals surface area contributed by atoms with Gasteiger partial charge >= 0.3 is 7.48 Å². The second-order valence-corrected chi connectivity index (χ2v) is 11.9. The standard InChI is InChI=1S/C27H23BClFN2O5S/c1-31-27(33)24-20-11-19(14-3-4-14)22(12-23(20)37-26(24)15-5-7-17(30)8-6-15)32(38(2,34)35)18-9-16-13-36-28-25(16)21(29)10-18/h5-12,14,28H,3-4,13H2,1-2H3,(H,31,33). The van der Waals surface area contributed by atoms with Crippen LogP contribution in [-0.2, 0) is 21.3 Å². The van der Waals surface area contributed by atoms with E-state index in [1.165, 1.54) is 23.5 Å². The summed E-state index contributed by atoms with van der Waals surface area (Å²) in [4.78, 5) is 13.0. The molecule has 0 saturated heterocycles. The molecule has 194 valence electrons. The van der Waals surface area contributed by atoms with E-state index in [4.69, 9.17) is 20.7 Å². The van der Waals surface area contributed by atoms with Crippen molar-refractivity contribution < 1.29 is 26.7 Å².